The van der Waals surface area contributed by atoms with Crippen LogP contribution in [-0.4, -0.2) is 23.0 Å². The number of nitrogen functional groups attached to an aromatic ring is 1. The summed E-state index contributed by atoms with van der Waals surface area (Å²) >= 11 is 1.19. The van der Waals surface area contributed by atoms with Crippen molar-refractivity contribution >= 4 is 43.4 Å². The number of rotatable bonds is 1. The minimum Gasteiger partial charge on any atom is -0.465 e. The van der Waals surface area contributed by atoms with Crippen molar-refractivity contribution < 1.29 is 9.53 Å². The van der Waals surface area contributed by atoms with Crippen molar-refractivity contribution in [1.82, 2.24) is 9.97 Å². The molecule has 3 aromatic rings. The molecule has 0 bridgehead atoms. The number of carbonyl (C=O) groups excluding carboxylic acids is 1. The van der Waals surface area contributed by atoms with Gasteiger partial charge in [-0.05, 0) is 6.07 Å². The van der Waals surface area contributed by atoms with Crippen LogP contribution in [0.5, 0.6) is 0 Å². The van der Waals surface area contributed by atoms with E-state index in [2.05, 4.69) is 9.97 Å². The Balaban J connectivity index is 2.50. The van der Waals surface area contributed by atoms with E-state index in [1.54, 1.807) is 18.2 Å². The highest BCUT2D eigenvalue weighted by molar-refractivity contribution is 7.22. The highest BCUT2D eigenvalue weighted by atomic mass is 32.1. The van der Waals surface area contributed by atoms with Gasteiger partial charge < -0.3 is 10.5 Å². The molecule has 2 N–H and O–H groups in total. The Morgan fingerprint density at radius 2 is 2.15 bits per heavy atom. The third kappa shape index (κ3) is 1.79. The lowest BCUT2D eigenvalue weighted by molar-refractivity contribution is 0.0603. The second-order valence-corrected chi connectivity index (χ2v) is 5.08. The Bertz CT molecular complexity index is 904. The molecule has 7 heteroatoms. The molecular formula is C13H9N3O3S. The van der Waals surface area contributed by atoms with E-state index < -0.39 is 11.5 Å². The number of aromatic nitrogens is 2. The van der Waals surface area contributed by atoms with E-state index in [-0.39, 0.29) is 5.13 Å². The van der Waals surface area contributed by atoms with Gasteiger partial charge in [-0.15, -0.1) is 0 Å². The lowest BCUT2D eigenvalue weighted by atomic mass is 10.1. The van der Waals surface area contributed by atoms with E-state index in [1.807, 2.05) is 0 Å². The fourth-order valence-electron chi connectivity index (χ4n) is 2.02. The summed E-state index contributed by atoms with van der Waals surface area (Å²) in [5, 5.41) is 1.25. The van der Waals surface area contributed by atoms with Gasteiger partial charge in [0, 0.05) is 11.6 Å². The Morgan fingerprint density at radius 3 is 2.90 bits per heavy atom. The van der Waals surface area contributed by atoms with Crippen molar-refractivity contribution in [2.75, 3.05) is 12.8 Å². The molecule has 0 aliphatic rings. The van der Waals surface area contributed by atoms with Gasteiger partial charge in [0.1, 0.15) is 0 Å². The molecule has 100 valence electrons. The monoisotopic (exact) mass is 287 g/mol. The molecule has 0 atom stereocenters. The highest BCUT2D eigenvalue weighted by Gasteiger charge is 2.14. The summed E-state index contributed by atoms with van der Waals surface area (Å²) in [4.78, 5) is 31.4. The number of esters is 1. The standard InChI is InChI=1S/C13H9N3O3S/c1-19-12(18)7-4-2-3-6-9(7)15-5-8-10(6)20-13(14)16-11(8)17/h2-5H,1H3,(H2,14,16,17). The lowest BCUT2D eigenvalue weighted by Gasteiger charge is -2.06. The number of carbonyl (C=O) groups is 1. The fraction of sp³-hybridized carbons (Fsp3) is 0.0769. The van der Waals surface area contributed by atoms with Crippen LogP contribution in [0, 0.1) is 0 Å². The average molecular weight is 287 g/mol. The molecule has 0 saturated heterocycles. The summed E-state index contributed by atoms with van der Waals surface area (Å²) in [6, 6.07) is 5.12. The predicted octanol–water partition coefficient (Wildman–Crippen LogP) is 1.57. The van der Waals surface area contributed by atoms with Crippen molar-refractivity contribution in [3.8, 4) is 0 Å². The first-order valence-electron chi connectivity index (χ1n) is 5.68. The van der Waals surface area contributed by atoms with Gasteiger partial charge in [-0.25, -0.2) is 4.79 Å². The van der Waals surface area contributed by atoms with Gasteiger partial charge in [-0.1, -0.05) is 23.5 Å². The summed E-state index contributed by atoms with van der Waals surface area (Å²) in [7, 11) is 1.31. The van der Waals surface area contributed by atoms with Gasteiger partial charge in [0.25, 0.3) is 5.56 Å². The number of para-hydroxylation sites is 1. The van der Waals surface area contributed by atoms with Crippen LogP contribution in [0.2, 0.25) is 0 Å². The topological polar surface area (TPSA) is 95.2 Å². The van der Waals surface area contributed by atoms with Gasteiger partial charge in [0.15, 0.2) is 5.13 Å². The molecule has 0 unspecified atom stereocenters. The number of anilines is 1. The first kappa shape index (κ1) is 12.5. The first-order chi connectivity index (χ1) is 9.61. The maximum atomic E-state index is 11.8. The average Bonchev–Trinajstić information content (AvgIpc) is 2.45. The number of methoxy groups -OCH3 is 1. The smallest absolute Gasteiger partial charge is 0.340 e. The van der Waals surface area contributed by atoms with Crippen molar-refractivity contribution in [1.29, 1.82) is 0 Å². The molecule has 6 nitrogen and oxygen atoms in total. The van der Waals surface area contributed by atoms with Crippen molar-refractivity contribution in [2.45, 2.75) is 0 Å². The number of ether oxygens (including phenoxy) is 1. The number of fused-ring (bicyclic) bond motifs is 3. The second kappa shape index (κ2) is 4.53. The molecule has 0 spiro atoms. The van der Waals surface area contributed by atoms with Crippen LogP contribution in [-0.2, 0) is 4.74 Å². The van der Waals surface area contributed by atoms with E-state index in [4.69, 9.17) is 10.5 Å². The van der Waals surface area contributed by atoms with Crippen LogP contribution in [0.25, 0.3) is 21.0 Å². The number of nitrogens with two attached hydrogens (primary N) is 1. The number of pyridine rings is 1. The van der Waals surface area contributed by atoms with E-state index >= 15 is 0 Å². The number of hydrogen-bond acceptors (Lipinski definition) is 7. The normalized spacial score (nSPS) is 10.8. The molecule has 20 heavy (non-hydrogen) atoms. The van der Waals surface area contributed by atoms with Crippen LogP contribution in [0.15, 0.2) is 29.2 Å². The van der Waals surface area contributed by atoms with E-state index in [9.17, 15) is 9.59 Å². The lowest BCUT2D eigenvalue weighted by Crippen LogP contribution is -2.09. The molecule has 2 heterocycles. The third-order valence-corrected chi connectivity index (χ3v) is 3.85. The van der Waals surface area contributed by atoms with Crippen LogP contribution in [0.1, 0.15) is 10.4 Å². The fourth-order valence-corrected chi connectivity index (χ4v) is 2.89. The van der Waals surface area contributed by atoms with Crippen LogP contribution in [0.3, 0.4) is 0 Å². The van der Waals surface area contributed by atoms with Gasteiger partial charge in [-0.2, -0.15) is 4.98 Å². The van der Waals surface area contributed by atoms with E-state index in [0.717, 1.165) is 0 Å². The van der Waals surface area contributed by atoms with Gasteiger partial charge in [0.2, 0.25) is 0 Å². The molecule has 1 aromatic carbocycles. The summed E-state index contributed by atoms with van der Waals surface area (Å²) in [5.74, 6) is -0.475. The van der Waals surface area contributed by atoms with E-state index in [1.165, 1.54) is 24.6 Å². The maximum Gasteiger partial charge on any atom is 0.340 e. The van der Waals surface area contributed by atoms with Crippen LogP contribution in [0.4, 0.5) is 5.13 Å². The molecule has 3 rings (SSSR count). The van der Waals surface area contributed by atoms with Crippen LogP contribution >= 0.6 is 11.3 Å². The zero-order valence-electron chi connectivity index (χ0n) is 10.4. The molecule has 0 fully saturated rings. The Morgan fingerprint density at radius 1 is 1.35 bits per heavy atom. The van der Waals surface area contributed by atoms with Crippen LogP contribution < -0.4 is 11.3 Å². The highest BCUT2D eigenvalue weighted by Crippen LogP contribution is 2.28. The van der Waals surface area contributed by atoms with Gasteiger partial charge in [0.05, 0.1) is 28.3 Å². The van der Waals surface area contributed by atoms with Gasteiger partial charge >= 0.3 is 5.97 Å². The molecular weight excluding hydrogens is 278 g/mol. The van der Waals surface area contributed by atoms with Gasteiger partial charge in [-0.3, -0.25) is 9.78 Å². The number of hydrogen-bond donors (Lipinski definition) is 1. The summed E-state index contributed by atoms with van der Waals surface area (Å²) in [5.41, 5.74) is 6.04. The largest absolute Gasteiger partial charge is 0.465 e. The minimum absolute atomic E-state index is 0.179. The summed E-state index contributed by atoms with van der Waals surface area (Å²) in [6.45, 7) is 0. The number of nitrogens with zero attached hydrogens (tertiary/aromatic N) is 2. The van der Waals surface area contributed by atoms with E-state index in [0.29, 0.717) is 26.6 Å². The second-order valence-electron chi connectivity index (χ2n) is 4.05. The third-order valence-electron chi connectivity index (χ3n) is 2.90. The Labute approximate surface area is 116 Å². The SMILES string of the molecule is COC(=O)c1cccc2c1ncc1c(=O)nc(N)sc12. The molecule has 0 saturated carbocycles. The first-order valence-corrected chi connectivity index (χ1v) is 6.50. The predicted molar refractivity (Wildman–Crippen MR) is 76.9 cm³/mol. The van der Waals surface area contributed by atoms with Crippen molar-refractivity contribution in [2.24, 2.45) is 0 Å². The summed E-state index contributed by atoms with van der Waals surface area (Å²) < 4.78 is 5.39. The number of benzene rings is 1. The minimum atomic E-state index is -0.475. The molecule has 2 aromatic heterocycles. The molecule has 0 radical (unpaired) electrons. The quantitative estimate of drug-likeness (QED) is 0.539. The zero-order chi connectivity index (χ0) is 14.3. The van der Waals surface area contributed by atoms with Crippen molar-refractivity contribution in [3.63, 3.8) is 0 Å². The Hall–Kier alpha value is -2.54. The summed E-state index contributed by atoms with van der Waals surface area (Å²) in [6.07, 6.45) is 1.41. The maximum absolute atomic E-state index is 11.8. The molecule has 0 aliphatic heterocycles. The van der Waals surface area contributed by atoms with Crippen molar-refractivity contribution in [3.05, 3.63) is 40.3 Å². The molecule has 0 aliphatic carbocycles. The zero-order valence-corrected chi connectivity index (χ0v) is 11.2. The molecule has 0 amide bonds. The Kier molecular flexibility index (Phi) is 2.83.